The standard InChI is InChI=1S/C18H21N3O3/c1-12-3-4-15(17(22)19-2)16(20-12)13-5-8-21(9-6-13)18(23)14-7-10-24-11-14/h3-4,7,10-11,13H,5-6,8-9H2,1-2H3,(H,19,22). The fraction of sp³-hybridized carbons (Fsp3) is 0.389. The molecule has 1 aliphatic rings. The van der Waals surface area contributed by atoms with Crippen molar-refractivity contribution in [3.8, 4) is 0 Å². The Hall–Kier alpha value is -2.63. The van der Waals surface area contributed by atoms with Crippen molar-refractivity contribution >= 4 is 11.8 Å². The minimum Gasteiger partial charge on any atom is -0.472 e. The summed E-state index contributed by atoms with van der Waals surface area (Å²) >= 11 is 0. The molecule has 0 aromatic carbocycles. The van der Waals surface area contributed by atoms with Gasteiger partial charge in [-0.2, -0.15) is 0 Å². The van der Waals surface area contributed by atoms with Gasteiger partial charge in [-0.25, -0.2) is 0 Å². The van der Waals surface area contributed by atoms with E-state index in [-0.39, 0.29) is 17.7 Å². The van der Waals surface area contributed by atoms with Crippen molar-refractivity contribution in [2.45, 2.75) is 25.7 Å². The van der Waals surface area contributed by atoms with Crippen LogP contribution in [0.25, 0.3) is 0 Å². The average Bonchev–Trinajstić information content (AvgIpc) is 3.15. The maximum Gasteiger partial charge on any atom is 0.257 e. The zero-order chi connectivity index (χ0) is 17.1. The first-order valence-corrected chi connectivity index (χ1v) is 8.11. The highest BCUT2D eigenvalue weighted by molar-refractivity contribution is 5.95. The van der Waals surface area contributed by atoms with E-state index in [1.54, 1.807) is 13.1 Å². The number of hydrogen-bond acceptors (Lipinski definition) is 4. The van der Waals surface area contributed by atoms with Crippen molar-refractivity contribution in [2.75, 3.05) is 20.1 Å². The monoisotopic (exact) mass is 327 g/mol. The van der Waals surface area contributed by atoms with Gasteiger partial charge in [0, 0.05) is 31.7 Å². The molecule has 3 rings (SSSR count). The lowest BCUT2D eigenvalue weighted by atomic mass is 9.89. The van der Waals surface area contributed by atoms with Crippen LogP contribution in [-0.4, -0.2) is 41.8 Å². The molecule has 0 bridgehead atoms. The average molecular weight is 327 g/mol. The molecule has 2 aromatic heterocycles. The first-order valence-electron chi connectivity index (χ1n) is 8.11. The molecule has 1 fully saturated rings. The van der Waals surface area contributed by atoms with Gasteiger partial charge in [0.1, 0.15) is 6.26 Å². The zero-order valence-electron chi connectivity index (χ0n) is 13.9. The normalized spacial score (nSPS) is 15.3. The fourth-order valence-electron chi connectivity index (χ4n) is 3.14. The van der Waals surface area contributed by atoms with E-state index in [4.69, 9.17) is 4.42 Å². The second-order valence-electron chi connectivity index (χ2n) is 6.04. The van der Waals surface area contributed by atoms with Gasteiger partial charge in [0.05, 0.1) is 23.1 Å². The highest BCUT2D eigenvalue weighted by Gasteiger charge is 2.28. The molecule has 6 nitrogen and oxygen atoms in total. The predicted molar refractivity (Wildman–Crippen MR) is 89.0 cm³/mol. The van der Waals surface area contributed by atoms with Gasteiger partial charge in [-0.3, -0.25) is 14.6 Å². The Morgan fingerprint density at radius 2 is 2.00 bits per heavy atom. The highest BCUT2D eigenvalue weighted by atomic mass is 16.3. The Morgan fingerprint density at radius 1 is 1.25 bits per heavy atom. The molecule has 1 saturated heterocycles. The van der Waals surface area contributed by atoms with E-state index < -0.39 is 0 Å². The second kappa shape index (κ2) is 6.86. The molecule has 0 radical (unpaired) electrons. The maximum absolute atomic E-state index is 12.4. The van der Waals surface area contributed by atoms with E-state index in [0.717, 1.165) is 24.2 Å². The number of furan rings is 1. The summed E-state index contributed by atoms with van der Waals surface area (Å²) in [5.41, 5.74) is 2.94. The van der Waals surface area contributed by atoms with Gasteiger partial charge in [0.25, 0.3) is 11.8 Å². The molecule has 2 amide bonds. The number of likely N-dealkylation sites (tertiary alicyclic amines) is 1. The van der Waals surface area contributed by atoms with Crippen LogP contribution in [0.15, 0.2) is 35.1 Å². The van der Waals surface area contributed by atoms with Crippen LogP contribution in [-0.2, 0) is 0 Å². The van der Waals surface area contributed by atoms with Gasteiger partial charge in [0.15, 0.2) is 0 Å². The number of aromatic nitrogens is 1. The first kappa shape index (κ1) is 16.2. The number of aryl methyl sites for hydroxylation is 1. The molecule has 2 aromatic rings. The van der Waals surface area contributed by atoms with E-state index in [1.165, 1.54) is 12.5 Å². The molecule has 1 N–H and O–H groups in total. The fourth-order valence-corrected chi connectivity index (χ4v) is 3.14. The van der Waals surface area contributed by atoms with Gasteiger partial charge in [-0.05, 0) is 38.0 Å². The van der Waals surface area contributed by atoms with Crippen LogP contribution in [0.2, 0.25) is 0 Å². The Balaban J connectivity index is 1.74. The van der Waals surface area contributed by atoms with Crippen LogP contribution < -0.4 is 5.32 Å². The van der Waals surface area contributed by atoms with E-state index in [9.17, 15) is 9.59 Å². The molecule has 0 unspecified atom stereocenters. The Kier molecular flexibility index (Phi) is 4.64. The summed E-state index contributed by atoms with van der Waals surface area (Å²) in [6.45, 7) is 3.23. The van der Waals surface area contributed by atoms with Crippen molar-refractivity contribution in [3.63, 3.8) is 0 Å². The number of pyridine rings is 1. The summed E-state index contributed by atoms with van der Waals surface area (Å²) < 4.78 is 4.98. The van der Waals surface area contributed by atoms with Crippen molar-refractivity contribution in [1.82, 2.24) is 15.2 Å². The van der Waals surface area contributed by atoms with Crippen LogP contribution in [0.3, 0.4) is 0 Å². The van der Waals surface area contributed by atoms with Crippen molar-refractivity contribution in [3.05, 3.63) is 53.2 Å². The van der Waals surface area contributed by atoms with Crippen molar-refractivity contribution < 1.29 is 14.0 Å². The lowest BCUT2D eigenvalue weighted by Crippen LogP contribution is -2.38. The van der Waals surface area contributed by atoms with Gasteiger partial charge in [-0.1, -0.05) is 0 Å². The highest BCUT2D eigenvalue weighted by Crippen LogP contribution is 2.30. The smallest absolute Gasteiger partial charge is 0.257 e. The molecule has 1 aliphatic heterocycles. The van der Waals surface area contributed by atoms with E-state index in [1.807, 2.05) is 24.0 Å². The molecule has 6 heteroatoms. The number of nitrogens with zero attached hydrogens (tertiary/aromatic N) is 2. The Bertz CT molecular complexity index is 732. The molecule has 126 valence electrons. The van der Waals surface area contributed by atoms with Crippen molar-refractivity contribution in [2.24, 2.45) is 0 Å². The number of carbonyl (C=O) groups excluding carboxylic acids is 2. The largest absolute Gasteiger partial charge is 0.472 e. The Labute approximate surface area is 140 Å². The summed E-state index contributed by atoms with van der Waals surface area (Å²) in [7, 11) is 1.62. The Morgan fingerprint density at radius 3 is 2.62 bits per heavy atom. The second-order valence-corrected chi connectivity index (χ2v) is 6.04. The lowest BCUT2D eigenvalue weighted by Gasteiger charge is -2.32. The van der Waals surface area contributed by atoms with E-state index >= 15 is 0 Å². The zero-order valence-corrected chi connectivity index (χ0v) is 13.9. The van der Waals surface area contributed by atoms with E-state index in [2.05, 4.69) is 10.3 Å². The van der Waals surface area contributed by atoms with Crippen LogP contribution in [0.4, 0.5) is 0 Å². The van der Waals surface area contributed by atoms with Gasteiger partial charge < -0.3 is 14.6 Å². The number of hydrogen-bond donors (Lipinski definition) is 1. The van der Waals surface area contributed by atoms with Gasteiger partial charge in [-0.15, -0.1) is 0 Å². The number of amides is 2. The van der Waals surface area contributed by atoms with Crippen molar-refractivity contribution in [1.29, 1.82) is 0 Å². The van der Waals surface area contributed by atoms with Crippen LogP contribution >= 0.6 is 0 Å². The topological polar surface area (TPSA) is 75.4 Å². The van der Waals surface area contributed by atoms with Crippen LogP contribution in [0.1, 0.15) is 50.9 Å². The molecule has 3 heterocycles. The minimum absolute atomic E-state index is 0.00840. The third kappa shape index (κ3) is 3.18. The predicted octanol–water partition coefficient (Wildman–Crippen LogP) is 2.36. The minimum atomic E-state index is -0.116. The van der Waals surface area contributed by atoms with Crippen LogP contribution in [0.5, 0.6) is 0 Å². The first-order chi connectivity index (χ1) is 11.6. The van der Waals surface area contributed by atoms with Gasteiger partial charge in [0.2, 0.25) is 0 Å². The molecule has 24 heavy (non-hydrogen) atoms. The molecular formula is C18H21N3O3. The molecule has 0 spiro atoms. The summed E-state index contributed by atoms with van der Waals surface area (Å²) in [6.07, 6.45) is 4.57. The van der Waals surface area contributed by atoms with Crippen LogP contribution in [0, 0.1) is 6.92 Å². The quantitative estimate of drug-likeness (QED) is 0.939. The molecule has 0 aliphatic carbocycles. The summed E-state index contributed by atoms with van der Waals surface area (Å²) in [5.74, 6) is 0.0610. The molecule has 0 saturated carbocycles. The maximum atomic E-state index is 12.4. The molecule has 0 atom stereocenters. The summed E-state index contributed by atoms with van der Waals surface area (Å²) in [5, 5.41) is 2.67. The SMILES string of the molecule is CNC(=O)c1ccc(C)nc1C1CCN(C(=O)c2ccoc2)CC1. The number of piperidine rings is 1. The number of rotatable bonds is 3. The van der Waals surface area contributed by atoms with E-state index in [0.29, 0.717) is 24.2 Å². The molecular weight excluding hydrogens is 306 g/mol. The third-order valence-electron chi connectivity index (χ3n) is 4.47. The third-order valence-corrected chi connectivity index (χ3v) is 4.47. The summed E-state index contributed by atoms with van der Waals surface area (Å²) in [6, 6.07) is 5.37. The number of carbonyl (C=O) groups is 2. The summed E-state index contributed by atoms with van der Waals surface area (Å²) in [4.78, 5) is 30.9. The van der Waals surface area contributed by atoms with Gasteiger partial charge >= 0.3 is 0 Å². The lowest BCUT2D eigenvalue weighted by molar-refractivity contribution is 0.0710. The number of nitrogens with one attached hydrogen (secondary N) is 1.